The van der Waals surface area contributed by atoms with Crippen LogP contribution in [0.1, 0.15) is 25.3 Å². The van der Waals surface area contributed by atoms with Crippen LogP contribution in [0, 0.1) is 5.41 Å². The van der Waals surface area contributed by atoms with Gasteiger partial charge in [-0.25, -0.2) is 0 Å². The van der Waals surface area contributed by atoms with Crippen molar-refractivity contribution in [3.05, 3.63) is 29.8 Å². The topological polar surface area (TPSA) is 84.2 Å². The predicted molar refractivity (Wildman–Crippen MR) is 78.2 cm³/mol. The van der Waals surface area contributed by atoms with Gasteiger partial charge in [0, 0.05) is 12.2 Å². The van der Waals surface area contributed by atoms with Crippen LogP contribution < -0.4 is 16.4 Å². The Morgan fingerprint density at radius 1 is 1.40 bits per heavy atom. The van der Waals surface area contributed by atoms with E-state index >= 15 is 0 Å². The summed E-state index contributed by atoms with van der Waals surface area (Å²) in [5, 5.41) is 6.21. The Kier molecular flexibility index (Phi) is 4.39. The van der Waals surface area contributed by atoms with E-state index in [0.717, 1.165) is 24.9 Å². The van der Waals surface area contributed by atoms with Crippen molar-refractivity contribution in [2.24, 2.45) is 11.1 Å². The molecule has 1 aromatic carbocycles. The number of primary amides is 1. The van der Waals surface area contributed by atoms with E-state index in [0.29, 0.717) is 12.2 Å². The number of amides is 2. The van der Waals surface area contributed by atoms with E-state index in [9.17, 15) is 9.59 Å². The van der Waals surface area contributed by atoms with Gasteiger partial charge in [0.25, 0.3) is 0 Å². The first-order valence-corrected chi connectivity index (χ1v) is 6.96. The summed E-state index contributed by atoms with van der Waals surface area (Å²) >= 11 is 0. The van der Waals surface area contributed by atoms with Crippen LogP contribution in [0.25, 0.3) is 0 Å². The van der Waals surface area contributed by atoms with Crippen LogP contribution in [0.4, 0.5) is 5.69 Å². The number of para-hydroxylation sites is 1. The van der Waals surface area contributed by atoms with E-state index in [2.05, 4.69) is 10.6 Å². The third-order valence-electron chi connectivity index (χ3n) is 4.03. The van der Waals surface area contributed by atoms with Gasteiger partial charge < -0.3 is 16.4 Å². The lowest BCUT2D eigenvalue weighted by molar-refractivity contribution is -0.125. The summed E-state index contributed by atoms with van der Waals surface area (Å²) in [5.74, 6) is -0.388. The van der Waals surface area contributed by atoms with Gasteiger partial charge in [0.2, 0.25) is 11.8 Å². The molecule has 1 unspecified atom stereocenters. The number of rotatable bonds is 5. The molecule has 1 heterocycles. The standard InChI is InChI=1S/C15H21N3O2/c1-2-15(7-8-17-10-15)14(20)18-12-6-4-3-5-11(12)9-13(16)19/h3-6,17H,2,7-10H2,1H3,(H2,16,19)(H,18,20). The van der Waals surface area contributed by atoms with E-state index in [1.165, 1.54) is 0 Å². The molecule has 1 fully saturated rings. The van der Waals surface area contributed by atoms with Gasteiger partial charge in [-0.2, -0.15) is 0 Å². The van der Waals surface area contributed by atoms with E-state index in [1.54, 1.807) is 0 Å². The average Bonchev–Trinajstić information content (AvgIpc) is 2.90. The number of benzene rings is 1. The van der Waals surface area contributed by atoms with Crippen LogP contribution in [-0.4, -0.2) is 24.9 Å². The zero-order valence-corrected chi connectivity index (χ0v) is 11.7. The van der Waals surface area contributed by atoms with Crippen LogP contribution >= 0.6 is 0 Å². The molecular formula is C15H21N3O2. The summed E-state index contributed by atoms with van der Waals surface area (Å²) in [6.45, 7) is 3.60. The third kappa shape index (κ3) is 2.99. The van der Waals surface area contributed by atoms with Crippen LogP contribution in [0.3, 0.4) is 0 Å². The van der Waals surface area contributed by atoms with E-state index in [4.69, 9.17) is 5.73 Å². The quantitative estimate of drug-likeness (QED) is 0.750. The molecule has 0 bridgehead atoms. The summed E-state index contributed by atoms with van der Waals surface area (Å²) in [5.41, 5.74) is 6.32. The average molecular weight is 275 g/mol. The minimum atomic E-state index is -0.403. The van der Waals surface area contributed by atoms with Crippen LogP contribution in [0.2, 0.25) is 0 Å². The van der Waals surface area contributed by atoms with Crippen molar-refractivity contribution in [3.63, 3.8) is 0 Å². The summed E-state index contributed by atoms with van der Waals surface area (Å²) in [4.78, 5) is 23.6. The number of nitrogens with two attached hydrogens (primary N) is 1. The van der Waals surface area contributed by atoms with Gasteiger partial charge in [-0.05, 0) is 31.0 Å². The molecule has 1 aromatic rings. The maximum absolute atomic E-state index is 12.5. The lowest BCUT2D eigenvalue weighted by Gasteiger charge is -2.25. The van der Waals surface area contributed by atoms with Crippen molar-refractivity contribution < 1.29 is 9.59 Å². The lowest BCUT2D eigenvalue weighted by Crippen LogP contribution is -2.37. The number of carbonyl (C=O) groups excluding carboxylic acids is 2. The molecule has 20 heavy (non-hydrogen) atoms. The molecule has 1 aliphatic heterocycles. The molecule has 1 atom stereocenters. The van der Waals surface area contributed by atoms with Crippen molar-refractivity contribution in [3.8, 4) is 0 Å². The number of nitrogens with one attached hydrogen (secondary N) is 2. The van der Waals surface area contributed by atoms with Gasteiger partial charge in [-0.1, -0.05) is 25.1 Å². The van der Waals surface area contributed by atoms with Crippen LogP contribution in [0.15, 0.2) is 24.3 Å². The SMILES string of the molecule is CCC1(C(=O)Nc2ccccc2CC(N)=O)CCNC1. The highest BCUT2D eigenvalue weighted by atomic mass is 16.2. The molecule has 2 amide bonds. The van der Waals surface area contributed by atoms with Gasteiger partial charge in [0.05, 0.1) is 11.8 Å². The van der Waals surface area contributed by atoms with Crippen molar-refractivity contribution in [1.29, 1.82) is 0 Å². The highest BCUT2D eigenvalue weighted by Crippen LogP contribution is 2.31. The Hall–Kier alpha value is -1.88. The second-order valence-electron chi connectivity index (χ2n) is 5.32. The normalized spacial score (nSPS) is 21.6. The maximum atomic E-state index is 12.5. The second-order valence-corrected chi connectivity index (χ2v) is 5.32. The van der Waals surface area contributed by atoms with Gasteiger partial charge in [-0.3, -0.25) is 9.59 Å². The Morgan fingerprint density at radius 3 is 2.75 bits per heavy atom. The Balaban J connectivity index is 2.17. The summed E-state index contributed by atoms with van der Waals surface area (Å²) in [6, 6.07) is 7.29. The molecule has 0 aromatic heterocycles. The second kappa shape index (κ2) is 6.05. The first kappa shape index (κ1) is 14.5. The van der Waals surface area contributed by atoms with Gasteiger partial charge in [0.1, 0.15) is 0 Å². The molecule has 0 spiro atoms. The summed E-state index contributed by atoms with van der Waals surface area (Å²) in [7, 11) is 0. The summed E-state index contributed by atoms with van der Waals surface area (Å²) in [6.07, 6.45) is 1.77. The number of anilines is 1. The summed E-state index contributed by atoms with van der Waals surface area (Å²) < 4.78 is 0. The fourth-order valence-corrected chi connectivity index (χ4v) is 2.64. The molecule has 0 radical (unpaired) electrons. The minimum absolute atomic E-state index is 0.0157. The monoisotopic (exact) mass is 275 g/mol. The first-order chi connectivity index (χ1) is 9.57. The van der Waals surface area contributed by atoms with E-state index < -0.39 is 5.91 Å². The zero-order chi connectivity index (χ0) is 14.6. The molecule has 0 aliphatic carbocycles. The molecule has 2 rings (SSSR count). The fraction of sp³-hybridized carbons (Fsp3) is 0.467. The number of carbonyl (C=O) groups is 2. The van der Waals surface area contributed by atoms with E-state index in [-0.39, 0.29) is 17.7 Å². The molecular weight excluding hydrogens is 254 g/mol. The fourth-order valence-electron chi connectivity index (χ4n) is 2.64. The molecule has 108 valence electrons. The Morgan fingerprint density at radius 2 is 2.15 bits per heavy atom. The highest BCUT2D eigenvalue weighted by Gasteiger charge is 2.39. The molecule has 0 saturated carbocycles. The minimum Gasteiger partial charge on any atom is -0.369 e. The lowest BCUT2D eigenvalue weighted by atomic mass is 9.83. The van der Waals surface area contributed by atoms with Crippen molar-refractivity contribution in [2.75, 3.05) is 18.4 Å². The van der Waals surface area contributed by atoms with Gasteiger partial charge in [-0.15, -0.1) is 0 Å². The van der Waals surface area contributed by atoms with Crippen molar-refractivity contribution in [1.82, 2.24) is 5.32 Å². The van der Waals surface area contributed by atoms with Crippen molar-refractivity contribution in [2.45, 2.75) is 26.2 Å². The Bertz CT molecular complexity index is 508. The Labute approximate surface area is 118 Å². The number of hydrogen-bond acceptors (Lipinski definition) is 3. The van der Waals surface area contributed by atoms with Crippen LogP contribution in [-0.2, 0) is 16.0 Å². The van der Waals surface area contributed by atoms with Crippen LogP contribution in [0.5, 0.6) is 0 Å². The third-order valence-corrected chi connectivity index (χ3v) is 4.03. The molecule has 5 nitrogen and oxygen atoms in total. The first-order valence-electron chi connectivity index (χ1n) is 6.96. The van der Waals surface area contributed by atoms with E-state index in [1.807, 2.05) is 31.2 Å². The highest BCUT2D eigenvalue weighted by molar-refractivity contribution is 5.97. The van der Waals surface area contributed by atoms with Crippen molar-refractivity contribution >= 4 is 17.5 Å². The van der Waals surface area contributed by atoms with Gasteiger partial charge >= 0.3 is 0 Å². The maximum Gasteiger partial charge on any atom is 0.231 e. The molecule has 5 heteroatoms. The smallest absolute Gasteiger partial charge is 0.231 e. The molecule has 1 aliphatic rings. The largest absolute Gasteiger partial charge is 0.369 e. The molecule has 1 saturated heterocycles. The zero-order valence-electron chi connectivity index (χ0n) is 11.7. The number of hydrogen-bond donors (Lipinski definition) is 3. The predicted octanol–water partition coefficient (Wildman–Crippen LogP) is 1.04. The van der Waals surface area contributed by atoms with Gasteiger partial charge in [0.15, 0.2) is 0 Å². The molecule has 4 N–H and O–H groups in total.